The molecule has 0 saturated carbocycles. The Morgan fingerprint density at radius 3 is 2.00 bits per heavy atom. The average Bonchev–Trinajstić information content (AvgIpc) is 2.53. The van der Waals surface area contributed by atoms with Crippen LogP contribution in [0.2, 0.25) is 0 Å². The third-order valence-corrected chi connectivity index (χ3v) is 4.63. The number of rotatable bonds is 2. The molecule has 2 heteroatoms. The van der Waals surface area contributed by atoms with Crippen molar-refractivity contribution < 1.29 is 4.79 Å². The largest absolute Gasteiger partial charge is 0.299 e. The molecule has 0 N–H and O–H groups in total. The molecule has 1 aliphatic rings. The van der Waals surface area contributed by atoms with Crippen molar-refractivity contribution in [1.29, 1.82) is 0 Å². The zero-order valence-corrected chi connectivity index (χ0v) is 12.6. The van der Waals surface area contributed by atoms with Gasteiger partial charge in [-0.3, -0.25) is 9.69 Å². The number of piperidine rings is 1. The SMILES string of the molecule is C[C@@H]1C(=O)C[C@@H](c2ccccc2)N(C)[C@@H]1c1ccccc1. The fourth-order valence-corrected chi connectivity index (χ4v) is 3.45. The molecule has 0 spiro atoms. The van der Waals surface area contributed by atoms with Crippen molar-refractivity contribution >= 4 is 5.78 Å². The van der Waals surface area contributed by atoms with Gasteiger partial charge in [-0.05, 0) is 18.2 Å². The van der Waals surface area contributed by atoms with E-state index in [-0.39, 0.29) is 18.0 Å². The summed E-state index contributed by atoms with van der Waals surface area (Å²) in [6.07, 6.45) is 0.602. The minimum Gasteiger partial charge on any atom is -0.299 e. The van der Waals surface area contributed by atoms with E-state index in [1.165, 1.54) is 11.1 Å². The molecule has 3 rings (SSSR count). The maximum atomic E-state index is 12.5. The molecule has 1 aliphatic heterocycles. The summed E-state index contributed by atoms with van der Waals surface area (Å²) in [4.78, 5) is 14.8. The number of carbonyl (C=O) groups is 1. The van der Waals surface area contributed by atoms with Gasteiger partial charge in [0.2, 0.25) is 0 Å². The van der Waals surface area contributed by atoms with E-state index < -0.39 is 0 Å². The van der Waals surface area contributed by atoms with Gasteiger partial charge in [-0.1, -0.05) is 67.6 Å². The van der Waals surface area contributed by atoms with Crippen LogP contribution in [0.5, 0.6) is 0 Å². The van der Waals surface area contributed by atoms with Gasteiger partial charge in [0.15, 0.2) is 0 Å². The third kappa shape index (κ3) is 2.64. The van der Waals surface area contributed by atoms with Crippen molar-refractivity contribution in [1.82, 2.24) is 4.90 Å². The zero-order chi connectivity index (χ0) is 14.8. The van der Waals surface area contributed by atoms with Gasteiger partial charge in [-0.15, -0.1) is 0 Å². The summed E-state index contributed by atoms with van der Waals surface area (Å²) < 4.78 is 0. The Kier molecular flexibility index (Phi) is 3.89. The molecule has 108 valence electrons. The summed E-state index contributed by atoms with van der Waals surface area (Å²) in [6.45, 7) is 2.05. The maximum Gasteiger partial charge on any atom is 0.139 e. The first-order valence-corrected chi connectivity index (χ1v) is 7.53. The Morgan fingerprint density at radius 1 is 0.905 bits per heavy atom. The summed E-state index contributed by atoms with van der Waals surface area (Å²) in [5.41, 5.74) is 2.45. The Labute approximate surface area is 126 Å². The van der Waals surface area contributed by atoms with E-state index in [0.29, 0.717) is 12.2 Å². The molecular formula is C19H21NO. The van der Waals surface area contributed by atoms with Crippen LogP contribution >= 0.6 is 0 Å². The van der Waals surface area contributed by atoms with Crippen LogP contribution in [0, 0.1) is 5.92 Å². The first kappa shape index (κ1) is 14.0. The number of nitrogens with zero attached hydrogens (tertiary/aromatic N) is 1. The van der Waals surface area contributed by atoms with Crippen molar-refractivity contribution in [2.45, 2.75) is 25.4 Å². The van der Waals surface area contributed by atoms with Crippen molar-refractivity contribution in [3.8, 4) is 0 Å². The lowest BCUT2D eigenvalue weighted by Crippen LogP contribution is -2.42. The fraction of sp³-hybridized carbons (Fsp3) is 0.316. The van der Waals surface area contributed by atoms with Crippen LogP contribution < -0.4 is 0 Å². The molecule has 1 saturated heterocycles. The molecular weight excluding hydrogens is 258 g/mol. The number of benzene rings is 2. The van der Waals surface area contributed by atoms with E-state index in [0.717, 1.165) is 0 Å². The van der Waals surface area contributed by atoms with Crippen molar-refractivity contribution in [2.24, 2.45) is 5.92 Å². The molecule has 2 aromatic carbocycles. The highest BCUT2D eigenvalue weighted by Gasteiger charge is 2.39. The van der Waals surface area contributed by atoms with Gasteiger partial charge < -0.3 is 0 Å². The quantitative estimate of drug-likeness (QED) is 0.828. The molecule has 1 fully saturated rings. The van der Waals surface area contributed by atoms with Crippen LogP contribution in [0.15, 0.2) is 60.7 Å². The first-order chi connectivity index (χ1) is 10.2. The molecule has 0 aliphatic carbocycles. The summed E-state index contributed by atoms with van der Waals surface area (Å²) in [5, 5.41) is 0. The van der Waals surface area contributed by atoms with Crippen LogP contribution in [-0.2, 0) is 4.79 Å². The zero-order valence-electron chi connectivity index (χ0n) is 12.6. The Morgan fingerprint density at radius 2 is 1.43 bits per heavy atom. The maximum absolute atomic E-state index is 12.5. The Balaban J connectivity index is 1.98. The van der Waals surface area contributed by atoms with Crippen LogP contribution in [-0.4, -0.2) is 17.7 Å². The predicted molar refractivity (Wildman–Crippen MR) is 84.9 cm³/mol. The lowest BCUT2D eigenvalue weighted by molar-refractivity contribution is -0.130. The number of ketones is 1. The van der Waals surface area contributed by atoms with Gasteiger partial charge >= 0.3 is 0 Å². The Hall–Kier alpha value is -1.93. The number of hydrogen-bond donors (Lipinski definition) is 0. The number of carbonyl (C=O) groups excluding carboxylic acids is 1. The fourth-order valence-electron chi connectivity index (χ4n) is 3.45. The second-order valence-electron chi connectivity index (χ2n) is 5.91. The molecule has 0 amide bonds. The van der Waals surface area contributed by atoms with Crippen molar-refractivity contribution in [3.63, 3.8) is 0 Å². The minimum atomic E-state index is 0.0392. The number of Topliss-reactive ketones (excluding diaryl/α,β-unsaturated/α-hetero) is 1. The highest BCUT2D eigenvalue weighted by atomic mass is 16.1. The topological polar surface area (TPSA) is 20.3 Å². The first-order valence-electron chi connectivity index (χ1n) is 7.53. The highest BCUT2D eigenvalue weighted by Crippen LogP contribution is 2.41. The van der Waals surface area contributed by atoms with E-state index in [2.05, 4.69) is 43.1 Å². The highest BCUT2D eigenvalue weighted by molar-refractivity contribution is 5.83. The van der Waals surface area contributed by atoms with E-state index in [9.17, 15) is 4.79 Å². The van der Waals surface area contributed by atoms with Crippen LogP contribution in [0.3, 0.4) is 0 Å². The van der Waals surface area contributed by atoms with Gasteiger partial charge in [0, 0.05) is 24.4 Å². The van der Waals surface area contributed by atoms with Gasteiger partial charge in [0.25, 0.3) is 0 Å². The van der Waals surface area contributed by atoms with E-state index in [4.69, 9.17) is 0 Å². The molecule has 2 aromatic rings. The molecule has 2 nitrogen and oxygen atoms in total. The molecule has 0 radical (unpaired) electrons. The molecule has 1 heterocycles. The van der Waals surface area contributed by atoms with Gasteiger partial charge in [0.05, 0.1) is 0 Å². The second kappa shape index (κ2) is 5.82. The van der Waals surface area contributed by atoms with Crippen LogP contribution in [0.25, 0.3) is 0 Å². The van der Waals surface area contributed by atoms with Crippen molar-refractivity contribution in [3.05, 3.63) is 71.8 Å². The standard InChI is InChI=1S/C19H21NO/c1-14-18(21)13-17(15-9-5-3-6-10-15)20(2)19(14)16-11-7-4-8-12-16/h3-12,14,17,19H,13H2,1-2H3/t14-,17+,19+/m1/s1. The summed E-state index contributed by atoms with van der Waals surface area (Å²) in [5.74, 6) is 0.396. The van der Waals surface area contributed by atoms with E-state index in [1.807, 2.05) is 36.4 Å². The summed E-state index contributed by atoms with van der Waals surface area (Å²) in [6, 6.07) is 21.0. The smallest absolute Gasteiger partial charge is 0.139 e. The normalized spacial score (nSPS) is 26.8. The molecule has 0 unspecified atom stereocenters. The minimum absolute atomic E-state index is 0.0392. The summed E-state index contributed by atoms with van der Waals surface area (Å²) >= 11 is 0. The predicted octanol–water partition coefficient (Wildman–Crippen LogP) is 4.01. The van der Waals surface area contributed by atoms with E-state index in [1.54, 1.807) is 0 Å². The lowest BCUT2D eigenvalue weighted by Gasteiger charge is -2.43. The van der Waals surface area contributed by atoms with Crippen molar-refractivity contribution in [2.75, 3.05) is 7.05 Å². The lowest BCUT2D eigenvalue weighted by atomic mass is 9.80. The number of likely N-dealkylation sites (tertiary alicyclic amines) is 1. The molecule has 3 atom stereocenters. The molecule has 0 aromatic heterocycles. The third-order valence-electron chi connectivity index (χ3n) is 4.63. The number of hydrogen-bond acceptors (Lipinski definition) is 2. The average molecular weight is 279 g/mol. The van der Waals surface area contributed by atoms with Crippen LogP contribution in [0.1, 0.15) is 36.6 Å². The van der Waals surface area contributed by atoms with Gasteiger partial charge in [-0.2, -0.15) is 0 Å². The van der Waals surface area contributed by atoms with E-state index >= 15 is 0 Å². The second-order valence-corrected chi connectivity index (χ2v) is 5.91. The van der Waals surface area contributed by atoms with Crippen LogP contribution in [0.4, 0.5) is 0 Å². The summed E-state index contributed by atoms with van der Waals surface area (Å²) in [7, 11) is 2.14. The van der Waals surface area contributed by atoms with Gasteiger partial charge in [-0.25, -0.2) is 0 Å². The monoisotopic (exact) mass is 279 g/mol. The Bertz CT molecular complexity index is 608. The molecule has 21 heavy (non-hydrogen) atoms. The molecule has 0 bridgehead atoms. The van der Waals surface area contributed by atoms with Gasteiger partial charge in [0.1, 0.15) is 5.78 Å².